The van der Waals surface area contributed by atoms with Crippen LogP contribution in [0.1, 0.15) is 24.2 Å². The van der Waals surface area contributed by atoms with Crippen molar-refractivity contribution < 1.29 is 19.1 Å². The second-order valence-electron chi connectivity index (χ2n) is 3.97. The molecule has 2 N–H and O–H groups in total. The van der Waals surface area contributed by atoms with Crippen molar-refractivity contribution in [3.63, 3.8) is 0 Å². The third-order valence-electron chi connectivity index (χ3n) is 2.34. The molecule has 0 aliphatic rings. The molecule has 0 aliphatic heterocycles. The van der Waals surface area contributed by atoms with E-state index < -0.39 is 24.4 Å². The van der Waals surface area contributed by atoms with Crippen LogP contribution >= 0.6 is 22.7 Å². The van der Waals surface area contributed by atoms with Crippen LogP contribution in [-0.4, -0.2) is 24.4 Å². The van der Waals surface area contributed by atoms with Crippen LogP contribution in [0.5, 0.6) is 0 Å². The van der Waals surface area contributed by atoms with E-state index in [1.54, 1.807) is 29.6 Å². The molecule has 6 nitrogen and oxygen atoms in total. The molecule has 2 aromatic heterocycles. The van der Waals surface area contributed by atoms with Gasteiger partial charge in [-0.3, -0.25) is 20.4 Å². The molecule has 2 aromatic rings. The first-order valence-corrected chi connectivity index (χ1v) is 7.62. The summed E-state index contributed by atoms with van der Waals surface area (Å²) >= 11 is 2.54. The van der Waals surface area contributed by atoms with Crippen molar-refractivity contribution >= 4 is 40.5 Å². The second-order valence-corrected chi connectivity index (χ2v) is 6.20. The molecule has 0 atom stereocenters. The lowest BCUT2D eigenvalue weighted by molar-refractivity contribution is -0.125. The highest BCUT2D eigenvalue weighted by atomic mass is 32.1. The summed E-state index contributed by atoms with van der Waals surface area (Å²) in [5.41, 5.74) is 4.41. The molecule has 0 radical (unpaired) electrons. The van der Waals surface area contributed by atoms with E-state index in [9.17, 15) is 14.4 Å². The SMILES string of the molecule is Cc1ccc(C(=O)OCC(=O)NNC(=O)c2cccs2)s1. The van der Waals surface area contributed by atoms with Crippen molar-refractivity contribution in [1.29, 1.82) is 0 Å². The molecule has 21 heavy (non-hydrogen) atoms. The minimum absolute atomic E-state index is 0.418. The predicted molar refractivity (Wildman–Crippen MR) is 79.3 cm³/mol. The topological polar surface area (TPSA) is 84.5 Å². The molecule has 2 amide bonds. The number of carbonyl (C=O) groups excluding carboxylic acids is 3. The standard InChI is InChI=1S/C13H12N2O4S2/c1-8-4-5-10(21-8)13(18)19-7-11(16)14-15-12(17)9-3-2-6-20-9/h2-6H,7H2,1H3,(H,14,16)(H,15,17). The summed E-state index contributed by atoms with van der Waals surface area (Å²) < 4.78 is 4.84. The first-order chi connectivity index (χ1) is 10.1. The summed E-state index contributed by atoms with van der Waals surface area (Å²) in [6, 6.07) is 6.79. The van der Waals surface area contributed by atoms with Crippen LogP contribution in [-0.2, 0) is 9.53 Å². The summed E-state index contributed by atoms with van der Waals surface area (Å²) in [4.78, 5) is 36.5. The summed E-state index contributed by atoms with van der Waals surface area (Å²) in [5, 5.41) is 1.75. The number of rotatable bonds is 4. The van der Waals surface area contributed by atoms with Gasteiger partial charge in [0.25, 0.3) is 11.8 Å². The maximum Gasteiger partial charge on any atom is 0.348 e. The van der Waals surface area contributed by atoms with Crippen molar-refractivity contribution in [2.45, 2.75) is 6.92 Å². The van der Waals surface area contributed by atoms with E-state index in [1.807, 2.05) is 6.92 Å². The molecule has 0 fully saturated rings. The van der Waals surface area contributed by atoms with Gasteiger partial charge in [-0.05, 0) is 30.5 Å². The van der Waals surface area contributed by atoms with Gasteiger partial charge in [0.1, 0.15) is 4.88 Å². The molecular weight excluding hydrogens is 312 g/mol. The number of hydrogen-bond donors (Lipinski definition) is 2. The molecule has 0 bridgehead atoms. The van der Waals surface area contributed by atoms with Gasteiger partial charge in [-0.2, -0.15) is 0 Å². The molecule has 0 saturated heterocycles. The Hall–Kier alpha value is -2.19. The highest BCUT2D eigenvalue weighted by molar-refractivity contribution is 7.13. The highest BCUT2D eigenvalue weighted by Crippen LogP contribution is 2.15. The van der Waals surface area contributed by atoms with E-state index >= 15 is 0 Å². The molecule has 0 saturated carbocycles. The van der Waals surface area contributed by atoms with Crippen LogP contribution in [0.3, 0.4) is 0 Å². The van der Waals surface area contributed by atoms with Crippen LogP contribution in [0, 0.1) is 6.92 Å². The Morgan fingerprint density at radius 1 is 1.14 bits per heavy atom. The average molecular weight is 324 g/mol. The number of ether oxygens (including phenoxy) is 1. The summed E-state index contributed by atoms with van der Waals surface area (Å²) in [5.74, 6) is -1.59. The molecule has 0 aliphatic carbocycles. The quantitative estimate of drug-likeness (QED) is 0.663. The number of carbonyl (C=O) groups is 3. The Morgan fingerprint density at radius 3 is 2.57 bits per heavy atom. The molecule has 0 spiro atoms. The first kappa shape index (κ1) is 15.2. The molecule has 0 unspecified atom stereocenters. The van der Waals surface area contributed by atoms with Gasteiger partial charge in [-0.15, -0.1) is 22.7 Å². The smallest absolute Gasteiger partial charge is 0.348 e. The molecule has 2 heterocycles. The second kappa shape index (κ2) is 7.00. The number of hydrogen-bond acceptors (Lipinski definition) is 6. The zero-order chi connectivity index (χ0) is 15.2. The Kier molecular flexibility index (Phi) is 5.07. The third-order valence-corrected chi connectivity index (χ3v) is 4.19. The van der Waals surface area contributed by atoms with Gasteiger partial charge in [0, 0.05) is 4.88 Å². The van der Waals surface area contributed by atoms with Crippen LogP contribution in [0.25, 0.3) is 0 Å². The maximum absolute atomic E-state index is 11.6. The number of hydrazine groups is 1. The fraction of sp³-hybridized carbons (Fsp3) is 0.154. The van der Waals surface area contributed by atoms with E-state index in [2.05, 4.69) is 10.9 Å². The first-order valence-electron chi connectivity index (χ1n) is 5.92. The van der Waals surface area contributed by atoms with Gasteiger partial charge < -0.3 is 4.74 Å². The van der Waals surface area contributed by atoms with Crippen LogP contribution in [0.2, 0.25) is 0 Å². The van der Waals surface area contributed by atoms with E-state index in [4.69, 9.17) is 4.74 Å². The third kappa shape index (κ3) is 4.40. The van der Waals surface area contributed by atoms with Crippen LogP contribution in [0.15, 0.2) is 29.6 Å². The molecule has 110 valence electrons. The Balaban J connectivity index is 1.72. The molecular formula is C13H12N2O4S2. The summed E-state index contributed by atoms with van der Waals surface area (Å²) in [6.45, 7) is 1.41. The van der Waals surface area contributed by atoms with E-state index in [1.165, 1.54) is 22.7 Å². The zero-order valence-electron chi connectivity index (χ0n) is 11.0. The fourth-order valence-electron chi connectivity index (χ4n) is 1.38. The van der Waals surface area contributed by atoms with E-state index in [0.29, 0.717) is 9.75 Å². The highest BCUT2D eigenvalue weighted by Gasteiger charge is 2.13. The Bertz CT molecular complexity index is 649. The zero-order valence-corrected chi connectivity index (χ0v) is 12.7. The normalized spacial score (nSPS) is 9.95. The number of esters is 1. The summed E-state index contributed by atoms with van der Waals surface area (Å²) in [6.07, 6.45) is 0. The van der Waals surface area contributed by atoms with Crippen molar-refractivity contribution in [3.8, 4) is 0 Å². The summed E-state index contributed by atoms with van der Waals surface area (Å²) in [7, 11) is 0. The minimum Gasteiger partial charge on any atom is -0.451 e. The minimum atomic E-state index is -0.610. The Morgan fingerprint density at radius 2 is 1.95 bits per heavy atom. The number of aryl methyl sites for hydroxylation is 1. The number of amides is 2. The lowest BCUT2D eigenvalue weighted by Gasteiger charge is -2.06. The van der Waals surface area contributed by atoms with Crippen molar-refractivity contribution in [2.75, 3.05) is 6.61 Å². The molecule has 8 heteroatoms. The van der Waals surface area contributed by atoms with Crippen molar-refractivity contribution in [1.82, 2.24) is 10.9 Å². The maximum atomic E-state index is 11.6. The van der Waals surface area contributed by atoms with Crippen molar-refractivity contribution in [2.24, 2.45) is 0 Å². The fourth-order valence-corrected chi connectivity index (χ4v) is 2.76. The monoisotopic (exact) mass is 324 g/mol. The van der Waals surface area contributed by atoms with Gasteiger partial charge in [0.2, 0.25) is 0 Å². The Labute approximate surface area is 128 Å². The molecule has 2 rings (SSSR count). The van der Waals surface area contributed by atoms with Gasteiger partial charge in [-0.25, -0.2) is 4.79 Å². The van der Waals surface area contributed by atoms with Gasteiger partial charge >= 0.3 is 5.97 Å². The van der Waals surface area contributed by atoms with Crippen molar-refractivity contribution in [3.05, 3.63) is 44.3 Å². The van der Waals surface area contributed by atoms with Gasteiger partial charge in [0.05, 0.1) is 4.88 Å². The lowest BCUT2D eigenvalue weighted by Crippen LogP contribution is -2.43. The largest absolute Gasteiger partial charge is 0.451 e. The predicted octanol–water partition coefficient (Wildman–Crippen LogP) is 1.74. The van der Waals surface area contributed by atoms with Crippen LogP contribution < -0.4 is 10.9 Å². The number of thiophene rings is 2. The average Bonchev–Trinajstić information content (AvgIpc) is 3.13. The lowest BCUT2D eigenvalue weighted by atomic mass is 10.4. The van der Waals surface area contributed by atoms with E-state index in [-0.39, 0.29) is 0 Å². The molecule has 0 aromatic carbocycles. The number of nitrogens with one attached hydrogen (secondary N) is 2. The van der Waals surface area contributed by atoms with Gasteiger partial charge in [-0.1, -0.05) is 6.07 Å². The van der Waals surface area contributed by atoms with E-state index in [0.717, 1.165) is 4.88 Å². The van der Waals surface area contributed by atoms with Crippen LogP contribution in [0.4, 0.5) is 0 Å². The van der Waals surface area contributed by atoms with Gasteiger partial charge in [0.15, 0.2) is 6.61 Å².